The van der Waals surface area contributed by atoms with Crippen LogP contribution in [0.25, 0.3) is 33.4 Å². The molecular formula is C25H23FN6O3. The number of hydrogen-bond donors (Lipinski definition) is 2. The van der Waals surface area contributed by atoms with E-state index in [4.69, 9.17) is 10.5 Å². The van der Waals surface area contributed by atoms with Crippen LogP contribution in [0.5, 0.6) is 5.75 Å². The Morgan fingerprint density at radius 1 is 1.17 bits per heavy atom. The highest BCUT2D eigenvalue weighted by Gasteiger charge is 2.27. The van der Waals surface area contributed by atoms with Gasteiger partial charge >= 0.3 is 0 Å². The van der Waals surface area contributed by atoms with Crippen molar-refractivity contribution in [3.8, 4) is 28.3 Å². The number of ether oxygens (including phenoxy) is 1. The van der Waals surface area contributed by atoms with E-state index in [0.717, 1.165) is 0 Å². The van der Waals surface area contributed by atoms with Gasteiger partial charge in [0.1, 0.15) is 17.3 Å². The Morgan fingerprint density at radius 2 is 1.97 bits per heavy atom. The molecule has 10 heteroatoms. The Balaban J connectivity index is 1.72. The summed E-state index contributed by atoms with van der Waals surface area (Å²) in [5, 5.41) is 8.04. The van der Waals surface area contributed by atoms with E-state index >= 15 is 0 Å². The van der Waals surface area contributed by atoms with Crippen LogP contribution >= 0.6 is 0 Å². The number of carbonyl (C=O) groups is 2. The van der Waals surface area contributed by atoms with Crippen LogP contribution < -0.4 is 15.4 Å². The Kier molecular flexibility index (Phi) is 5.56. The van der Waals surface area contributed by atoms with E-state index in [0.29, 0.717) is 52.4 Å². The van der Waals surface area contributed by atoms with Crippen molar-refractivity contribution < 1.29 is 18.7 Å². The standard InChI is InChI=1S/C25H23FN6O3/c1-31-9-10-32(13-21(31)33)19-7-3-5-14(25(27)34)22(19)24-15-11-17(28-12-18(15)29-30-24)23-16(26)6-4-8-20(23)35-2/h3-8,11-12H,9-10,13H2,1-2H3,(H2,27,34)(H,29,30). The Labute approximate surface area is 200 Å². The number of likely N-dealkylation sites (N-methyl/N-ethyl adjacent to an activating group) is 1. The number of aromatic nitrogens is 3. The first-order valence-corrected chi connectivity index (χ1v) is 11.0. The predicted octanol–water partition coefficient (Wildman–Crippen LogP) is 2.82. The number of piperazine rings is 1. The smallest absolute Gasteiger partial charge is 0.249 e. The van der Waals surface area contributed by atoms with Gasteiger partial charge in [-0.05, 0) is 30.3 Å². The van der Waals surface area contributed by atoms with Gasteiger partial charge in [-0.1, -0.05) is 12.1 Å². The second kappa shape index (κ2) is 8.71. The summed E-state index contributed by atoms with van der Waals surface area (Å²) in [6.07, 6.45) is 1.55. The maximum Gasteiger partial charge on any atom is 0.249 e. The van der Waals surface area contributed by atoms with Gasteiger partial charge in [-0.3, -0.25) is 19.7 Å². The van der Waals surface area contributed by atoms with Crippen LogP contribution in [0.4, 0.5) is 10.1 Å². The number of fused-ring (bicyclic) bond motifs is 1. The van der Waals surface area contributed by atoms with Gasteiger partial charge in [0.25, 0.3) is 0 Å². The largest absolute Gasteiger partial charge is 0.496 e. The molecule has 178 valence electrons. The molecule has 2 amide bonds. The number of benzene rings is 2. The number of H-pyrrole nitrogens is 1. The molecule has 0 unspecified atom stereocenters. The summed E-state index contributed by atoms with van der Waals surface area (Å²) in [6.45, 7) is 1.29. The molecule has 0 atom stereocenters. The Morgan fingerprint density at radius 3 is 2.71 bits per heavy atom. The summed E-state index contributed by atoms with van der Waals surface area (Å²) in [6, 6.07) is 11.5. The van der Waals surface area contributed by atoms with Gasteiger partial charge in [-0.2, -0.15) is 5.10 Å². The molecule has 5 rings (SSSR count). The quantitative estimate of drug-likeness (QED) is 0.459. The molecule has 1 fully saturated rings. The second-order valence-electron chi connectivity index (χ2n) is 8.31. The highest BCUT2D eigenvalue weighted by atomic mass is 19.1. The fraction of sp³-hybridized carbons (Fsp3) is 0.200. The number of carbonyl (C=O) groups excluding carboxylic acids is 2. The number of anilines is 1. The van der Waals surface area contributed by atoms with Crippen molar-refractivity contribution in [2.24, 2.45) is 5.73 Å². The molecule has 0 radical (unpaired) electrons. The fourth-order valence-corrected chi connectivity index (χ4v) is 4.39. The molecule has 35 heavy (non-hydrogen) atoms. The van der Waals surface area contributed by atoms with E-state index in [2.05, 4.69) is 15.2 Å². The van der Waals surface area contributed by atoms with Crippen LogP contribution in [0, 0.1) is 5.82 Å². The van der Waals surface area contributed by atoms with E-state index in [1.165, 1.54) is 13.2 Å². The molecule has 1 aliphatic rings. The predicted molar refractivity (Wildman–Crippen MR) is 130 cm³/mol. The third-order valence-electron chi connectivity index (χ3n) is 6.24. The summed E-state index contributed by atoms with van der Waals surface area (Å²) >= 11 is 0. The monoisotopic (exact) mass is 474 g/mol. The second-order valence-corrected chi connectivity index (χ2v) is 8.31. The van der Waals surface area contributed by atoms with Crippen LogP contribution in [0.3, 0.4) is 0 Å². The van der Waals surface area contributed by atoms with Gasteiger partial charge in [0.2, 0.25) is 11.8 Å². The minimum atomic E-state index is -0.622. The lowest BCUT2D eigenvalue weighted by Gasteiger charge is -2.34. The summed E-state index contributed by atoms with van der Waals surface area (Å²) in [4.78, 5) is 32.8. The lowest BCUT2D eigenvalue weighted by molar-refractivity contribution is -0.129. The van der Waals surface area contributed by atoms with E-state index in [9.17, 15) is 14.0 Å². The zero-order valence-corrected chi connectivity index (χ0v) is 19.2. The highest BCUT2D eigenvalue weighted by Crippen LogP contribution is 2.39. The molecule has 3 heterocycles. The third kappa shape index (κ3) is 3.82. The molecule has 4 aromatic rings. The number of pyridine rings is 1. The first kappa shape index (κ1) is 22.3. The number of aromatic amines is 1. The molecule has 0 saturated carbocycles. The van der Waals surface area contributed by atoms with Gasteiger partial charge < -0.3 is 20.3 Å². The lowest BCUT2D eigenvalue weighted by Crippen LogP contribution is -2.48. The number of rotatable bonds is 5. The van der Waals surface area contributed by atoms with E-state index < -0.39 is 11.7 Å². The SMILES string of the molecule is COc1cccc(F)c1-c1cc2c(-c3c(C(N)=O)cccc3N3CCN(C)C(=O)C3)n[nH]c2cn1. The molecule has 0 bridgehead atoms. The van der Waals surface area contributed by atoms with Crippen molar-refractivity contribution in [2.75, 3.05) is 38.7 Å². The minimum absolute atomic E-state index is 0.0308. The molecule has 1 aliphatic heterocycles. The molecule has 0 aliphatic carbocycles. The normalized spacial score (nSPS) is 14.0. The van der Waals surface area contributed by atoms with Crippen molar-refractivity contribution in [2.45, 2.75) is 0 Å². The lowest BCUT2D eigenvalue weighted by atomic mass is 9.97. The number of methoxy groups -OCH3 is 1. The zero-order chi connectivity index (χ0) is 24.7. The number of nitrogens with zero attached hydrogens (tertiary/aromatic N) is 4. The maximum absolute atomic E-state index is 14.8. The fourth-order valence-electron chi connectivity index (χ4n) is 4.39. The van der Waals surface area contributed by atoms with Gasteiger partial charge in [-0.15, -0.1) is 0 Å². The molecule has 2 aromatic heterocycles. The Bertz CT molecular complexity index is 1470. The number of halogens is 1. The number of amides is 2. The van der Waals surface area contributed by atoms with Crippen LogP contribution in [0.15, 0.2) is 48.7 Å². The molecule has 3 N–H and O–H groups in total. The van der Waals surface area contributed by atoms with Crippen molar-refractivity contribution in [1.82, 2.24) is 20.1 Å². The van der Waals surface area contributed by atoms with Crippen molar-refractivity contribution in [1.29, 1.82) is 0 Å². The topological polar surface area (TPSA) is 117 Å². The van der Waals surface area contributed by atoms with E-state index in [-0.39, 0.29) is 23.6 Å². The number of primary amides is 1. The van der Waals surface area contributed by atoms with Gasteiger partial charge in [0, 0.05) is 36.8 Å². The van der Waals surface area contributed by atoms with Crippen LogP contribution in [-0.2, 0) is 4.79 Å². The zero-order valence-electron chi connectivity index (χ0n) is 19.2. The van der Waals surface area contributed by atoms with Crippen molar-refractivity contribution in [3.05, 3.63) is 60.0 Å². The van der Waals surface area contributed by atoms with Crippen LogP contribution in [0.1, 0.15) is 10.4 Å². The first-order chi connectivity index (χ1) is 16.9. The Hall–Kier alpha value is -4.47. The van der Waals surface area contributed by atoms with Gasteiger partial charge in [0.05, 0.1) is 42.2 Å². The average Bonchev–Trinajstić information content (AvgIpc) is 3.28. The molecule has 0 spiro atoms. The van der Waals surface area contributed by atoms with E-state index in [1.807, 2.05) is 11.0 Å². The summed E-state index contributed by atoms with van der Waals surface area (Å²) in [5.74, 6) is -0.785. The minimum Gasteiger partial charge on any atom is -0.496 e. The maximum atomic E-state index is 14.8. The van der Waals surface area contributed by atoms with Crippen molar-refractivity contribution in [3.63, 3.8) is 0 Å². The van der Waals surface area contributed by atoms with Gasteiger partial charge in [-0.25, -0.2) is 4.39 Å². The molecular weight excluding hydrogens is 451 g/mol. The summed E-state index contributed by atoms with van der Waals surface area (Å²) < 4.78 is 20.1. The van der Waals surface area contributed by atoms with Crippen molar-refractivity contribution >= 4 is 28.4 Å². The molecule has 2 aromatic carbocycles. The first-order valence-electron chi connectivity index (χ1n) is 11.0. The number of hydrogen-bond acceptors (Lipinski definition) is 6. The van der Waals surface area contributed by atoms with Crippen LogP contribution in [-0.4, -0.2) is 65.7 Å². The molecule has 1 saturated heterocycles. The highest BCUT2D eigenvalue weighted by molar-refractivity contribution is 6.08. The average molecular weight is 474 g/mol. The number of nitrogens with one attached hydrogen (secondary N) is 1. The summed E-state index contributed by atoms with van der Waals surface area (Å²) in [5.41, 5.74) is 8.79. The molecule has 9 nitrogen and oxygen atoms in total. The van der Waals surface area contributed by atoms with Gasteiger partial charge in [0.15, 0.2) is 0 Å². The third-order valence-corrected chi connectivity index (χ3v) is 6.24. The summed E-state index contributed by atoms with van der Waals surface area (Å²) in [7, 11) is 3.22. The number of nitrogens with two attached hydrogens (primary N) is 1. The van der Waals surface area contributed by atoms with Crippen LogP contribution in [0.2, 0.25) is 0 Å². The van der Waals surface area contributed by atoms with E-state index in [1.54, 1.807) is 48.5 Å².